The highest BCUT2D eigenvalue weighted by Crippen LogP contribution is 2.09. The lowest BCUT2D eigenvalue weighted by Gasteiger charge is -2.08. The zero-order valence-electron chi connectivity index (χ0n) is 14.4. The van der Waals surface area contributed by atoms with Gasteiger partial charge in [0.05, 0.1) is 0 Å². The lowest BCUT2D eigenvalue weighted by molar-refractivity contribution is 0.0946. The molecule has 1 aromatic carbocycles. The molecule has 0 atom stereocenters. The summed E-state index contributed by atoms with van der Waals surface area (Å²) in [5.74, 6) is -0.00599. The van der Waals surface area contributed by atoms with Crippen LogP contribution in [-0.2, 0) is 6.54 Å². The van der Waals surface area contributed by atoms with Gasteiger partial charge in [0.2, 0.25) is 0 Å². The molecule has 0 spiro atoms. The Morgan fingerprint density at radius 1 is 1.08 bits per heavy atom. The van der Waals surface area contributed by atoms with Crippen LogP contribution in [0.3, 0.4) is 0 Å². The van der Waals surface area contributed by atoms with Gasteiger partial charge in [0, 0.05) is 29.9 Å². The zero-order chi connectivity index (χ0) is 18.2. The van der Waals surface area contributed by atoms with Crippen LogP contribution in [0.4, 0.5) is 0 Å². The van der Waals surface area contributed by atoms with Crippen LogP contribution in [0.2, 0.25) is 5.02 Å². The number of carbonyl (C=O) groups is 2. The molecule has 0 saturated carbocycles. The third-order valence-electron chi connectivity index (χ3n) is 3.63. The third kappa shape index (κ3) is 6.19. The Balaban J connectivity index is 1.93. The molecule has 2 N–H and O–H groups in total. The predicted octanol–water partition coefficient (Wildman–Crippen LogP) is 3.44. The summed E-state index contributed by atoms with van der Waals surface area (Å²) in [6, 6.07) is 10.3. The molecule has 0 saturated heterocycles. The standard InChI is InChI=1S/C19H22ClN3O2/c1-13(2)7-9-22-18(24)15-8-10-21-17(11-15)19(25)23-12-14-3-5-16(20)6-4-14/h3-6,8,10-11,13H,7,9,12H2,1-2H3,(H,22,24)(H,23,25). The van der Waals surface area contributed by atoms with Crippen molar-refractivity contribution in [2.75, 3.05) is 6.54 Å². The first-order chi connectivity index (χ1) is 12.0. The van der Waals surface area contributed by atoms with Crippen molar-refractivity contribution < 1.29 is 9.59 Å². The third-order valence-corrected chi connectivity index (χ3v) is 3.88. The molecule has 2 amide bonds. The Bertz CT molecular complexity index is 730. The Kier molecular flexibility index (Phi) is 6.95. The SMILES string of the molecule is CC(C)CCNC(=O)c1ccnc(C(=O)NCc2ccc(Cl)cc2)c1. The molecule has 5 nitrogen and oxygen atoms in total. The highest BCUT2D eigenvalue weighted by atomic mass is 35.5. The summed E-state index contributed by atoms with van der Waals surface area (Å²) in [6.45, 7) is 5.17. The molecule has 0 aliphatic carbocycles. The number of hydrogen-bond donors (Lipinski definition) is 2. The monoisotopic (exact) mass is 359 g/mol. The number of carbonyl (C=O) groups excluding carboxylic acids is 2. The van der Waals surface area contributed by atoms with E-state index in [1.165, 1.54) is 12.3 Å². The van der Waals surface area contributed by atoms with E-state index in [1.807, 2.05) is 12.1 Å². The molecule has 132 valence electrons. The molecule has 6 heteroatoms. The van der Waals surface area contributed by atoms with E-state index in [9.17, 15) is 9.59 Å². The zero-order valence-corrected chi connectivity index (χ0v) is 15.1. The van der Waals surface area contributed by atoms with Crippen molar-refractivity contribution in [2.24, 2.45) is 5.92 Å². The van der Waals surface area contributed by atoms with Crippen molar-refractivity contribution in [1.82, 2.24) is 15.6 Å². The molecule has 2 aromatic rings. The summed E-state index contributed by atoms with van der Waals surface area (Å²) in [6.07, 6.45) is 2.37. The van der Waals surface area contributed by atoms with Gasteiger partial charge in [0.15, 0.2) is 0 Å². The quantitative estimate of drug-likeness (QED) is 0.795. The van der Waals surface area contributed by atoms with Gasteiger partial charge in [0.1, 0.15) is 5.69 Å². The highest BCUT2D eigenvalue weighted by molar-refractivity contribution is 6.30. The van der Waals surface area contributed by atoms with Crippen LogP contribution in [0.5, 0.6) is 0 Å². The topological polar surface area (TPSA) is 71.1 Å². The maximum absolute atomic E-state index is 12.2. The van der Waals surface area contributed by atoms with E-state index in [0.717, 1.165) is 12.0 Å². The fraction of sp³-hybridized carbons (Fsp3) is 0.316. The molecular formula is C19H22ClN3O2. The maximum atomic E-state index is 12.2. The van der Waals surface area contributed by atoms with Crippen LogP contribution in [0.15, 0.2) is 42.6 Å². The van der Waals surface area contributed by atoms with Crippen LogP contribution in [0.1, 0.15) is 46.7 Å². The normalized spacial score (nSPS) is 10.6. The highest BCUT2D eigenvalue weighted by Gasteiger charge is 2.11. The van der Waals surface area contributed by atoms with E-state index < -0.39 is 0 Å². The number of hydrogen-bond acceptors (Lipinski definition) is 3. The number of nitrogens with one attached hydrogen (secondary N) is 2. The lowest BCUT2D eigenvalue weighted by Crippen LogP contribution is -2.27. The molecule has 0 bridgehead atoms. The minimum atomic E-state index is -0.327. The van der Waals surface area contributed by atoms with Crippen molar-refractivity contribution >= 4 is 23.4 Å². The van der Waals surface area contributed by atoms with Crippen molar-refractivity contribution in [3.63, 3.8) is 0 Å². The van der Waals surface area contributed by atoms with Crippen molar-refractivity contribution in [1.29, 1.82) is 0 Å². The molecule has 25 heavy (non-hydrogen) atoms. The number of halogens is 1. The van der Waals surface area contributed by atoms with E-state index in [1.54, 1.807) is 18.2 Å². The smallest absolute Gasteiger partial charge is 0.270 e. The van der Waals surface area contributed by atoms with E-state index in [0.29, 0.717) is 29.6 Å². The van der Waals surface area contributed by atoms with Gasteiger partial charge >= 0.3 is 0 Å². The first-order valence-corrected chi connectivity index (χ1v) is 8.60. The maximum Gasteiger partial charge on any atom is 0.270 e. The fourth-order valence-electron chi connectivity index (χ4n) is 2.15. The number of benzene rings is 1. The molecule has 1 aromatic heterocycles. The van der Waals surface area contributed by atoms with Crippen LogP contribution >= 0.6 is 11.6 Å². The summed E-state index contributed by atoms with van der Waals surface area (Å²) < 4.78 is 0. The summed E-state index contributed by atoms with van der Waals surface area (Å²) in [5.41, 5.74) is 1.57. The van der Waals surface area contributed by atoms with E-state index in [-0.39, 0.29) is 17.5 Å². The van der Waals surface area contributed by atoms with Crippen molar-refractivity contribution in [2.45, 2.75) is 26.8 Å². The van der Waals surface area contributed by atoms with Gasteiger partial charge in [-0.2, -0.15) is 0 Å². The fourth-order valence-corrected chi connectivity index (χ4v) is 2.27. The number of rotatable bonds is 7. The Labute approximate surface area is 152 Å². The average Bonchev–Trinajstić information content (AvgIpc) is 2.60. The van der Waals surface area contributed by atoms with Gasteiger partial charge < -0.3 is 10.6 Å². The van der Waals surface area contributed by atoms with Gasteiger partial charge in [0.25, 0.3) is 11.8 Å². The number of aromatic nitrogens is 1. The first-order valence-electron chi connectivity index (χ1n) is 8.22. The molecule has 2 rings (SSSR count). The summed E-state index contributed by atoms with van der Waals surface area (Å²) in [4.78, 5) is 28.4. The minimum absolute atomic E-state index is 0.199. The molecular weight excluding hydrogens is 338 g/mol. The van der Waals surface area contributed by atoms with Crippen LogP contribution in [0, 0.1) is 5.92 Å². The Morgan fingerprint density at radius 2 is 1.80 bits per heavy atom. The van der Waals surface area contributed by atoms with Gasteiger partial charge in [-0.15, -0.1) is 0 Å². The number of amides is 2. The van der Waals surface area contributed by atoms with Crippen LogP contribution in [0.25, 0.3) is 0 Å². The second-order valence-corrected chi connectivity index (χ2v) is 6.61. The van der Waals surface area contributed by atoms with Gasteiger partial charge in [-0.3, -0.25) is 14.6 Å². The van der Waals surface area contributed by atoms with E-state index in [4.69, 9.17) is 11.6 Å². The average molecular weight is 360 g/mol. The first kappa shape index (κ1) is 18.9. The van der Waals surface area contributed by atoms with Crippen LogP contribution in [-0.4, -0.2) is 23.3 Å². The molecule has 1 heterocycles. The Hall–Kier alpha value is -2.40. The second kappa shape index (κ2) is 9.18. The van der Waals surface area contributed by atoms with E-state index in [2.05, 4.69) is 29.5 Å². The van der Waals surface area contributed by atoms with Gasteiger partial charge in [-0.05, 0) is 42.2 Å². The molecule has 0 unspecified atom stereocenters. The lowest BCUT2D eigenvalue weighted by atomic mass is 10.1. The summed E-state index contributed by atoms with van der Waals surface area (Å²) >= 11 is 5.84. The van der Waals surface area contributed by atoms with Gasteiger partial charge in [-0.25, -0.2) is 0 Å². The molecule has 0 radical (unpaired) electrons. The molecule has 0 aliphatic heterocycles. The molecule has 0 aliphatic rings. The van der Waals surface area contributed by atoms with Crippen LogP contribution < -0.4 is 10.6 Å². The Morgan fingerprint density at radius 3 is 2.48 bits per heavy atom. The van der Waals surface area contributed by atoms with E-state index >= 15 is 0 Å². The van der Waals surface area contributed by atoms with Gasteiger partial charge in [-0.1, -0.05) is 37.6 Å². The summed E-state index contributed by atoms with van der Waals surface area (Å²) in [7, 11) is 0. The van der Waals surface area contributed by atoms with Crippen molar-refractivity contribution in [3.8, 4) is 0 Å². The minimum Gasteiger partial charge on any atom is -0.352 e. The number of nitrogens with zero attached hydrogens (tertiary/aromatic N) is 1. The number of pyridine rings is 1. The van der Waals surface area contributed by atoms with Crippen molar-refractivity contribution in [3.05, 3.63) is 64.4 Å². The second-order valence-electron chi connectivity index (χ2n) is 6.18. The largest absolute Gasteiger partial charge is 0.352 e. The predicted molar refractivity (Wildman–Crippen MR) is 98.6 cm³/mol. The molecule has 0 fully saturated rings. The summed E-state index contributed by atoms with van der Waals surface area (Å²) in [5, 5.41) is 6.28.